The molecule has 0 atom stereocenters. The maximum Gasteiger partial charge on any atom is 0.145 e. The average Bonchev–Trinajstić information content (AvgIpc) is 2.37. The predicted octanol–water partition coefficient (Wildman–Crippen LogP) is 2.31. The van der Waals surface area contributed by atoms with E-state index >= 15 is 0 Å². The maximum atomic E-state index is 5.62. The monoisotopic (exact) mass is 245 g/mol. The van der Waals surface area contributed by atoms with Crippen LogP contribution in [-0.2, 0) is 0 Å². The smallest absolute Gasteiger partial charge is 0.145 e. The van der Waals surface area contributed by atoms with Crippen molar-refractivity contribution < 1.29 is 4.74 Å². The fourth-order valence-electron chi connectivity index (χ4n) is 1.98. The molecule has 0 amide bonds. The summed E-state index contributed by atoms with van der Waals surface area (Å²) >= 11 is 0. The summed E-state index contributed by atoms with van der Waals surface area (Å²) in [5.74, 6) is 0.828. The predicted molar refractivity (Wildman–Crippen MR) is 75.2 cm³/mol. The zero-order chi connectivity index (χ0) is 13.0. The number of benzene rings is 1. The van der Waals surface area contributed by atoms with Gasteiger partial charge >= 0.3 is 0 Å². The van der Waals surface area contributed by atoms with Crippen LogP contribution >= 0.6 is 0 Å². The molecule has 0 aliphatic carbocycles. The number of hydrogen-bond donors (Lipinski definition) is 2. The summed E-state index contributed by atoms with van der Waals surface area (Å²) in [4.78, 5) is 4.57. The van der Waals surface area contributed by atoms with Gasteiger partial charge in [-0.1, -0.05) is 12.1 Å². The van der Waals surface area contributed by atoms with Crippen LogP contribution in [0.3, 0.4) is 0 Å². The van der Waals surface area contributed by atoms with Gasteiger partial charge < -0.3 is 15.8 Å². The first-order valence-electron chi connectivity index (χ1n) is 6.23. The Bertz CT molecular complexity index is 540. The van der Waals surface area contributed by atoms with Gasteiger partial charge in [-0.3, -0.25) is 0 Å². The first-order valence-corrected chi connectivity index (χ1v) is 6.23. The summed E-state index contributed by atoms with van der Waals surface area (Å²) in [6, 6.07) is 8.01. The topological polar surface area (TPSA) is 60.2 Å². The molecule has 0 aliphatic rings. The molecule has 0 fully saturated rings. The molecule has 1 aromatic heterocycles. The van der Waals surface area contributed by atoms with E-state index in [0.29, 0.717) is 13.2 Å². The molecule has 4 nitrogen and oxygen atoms in total. The van der Waals surface area contributed by atoms with E-state index in [1.54, 1.807) is 0 Å². The van der Waals surface area contributed by atoms with Gasteiger partial charge in [-0.15, -0.1) is 0 Å². The standard InChI is InChI=1S/C14H19N3O/c1-3-18-13-6-4-5-11-12(16-8-7-15)9-10(2)17-14(11)13/h4-6,9H,3,7-8,15H2,1-2H3,(H,16,17). The Balaban J connectivity index is 2.54. The molecular formula is C14H19N3O. The Morgan fingerprint density at radius 1 is 1.39 bits per heavy atom. The van der Waals surface area contributed by atoms with E-state index in [4.69, 9.17) is 10.5 Å². The number of fused-ring (bicyclic) bond motifs is 1. The van der Waals surface area contributed by atoms with Crippen LogP contribution < -0.4 is 15.8 Å². The Hall–Kier alpha value is -1.81. The number of aryl methyl sites for hydroxylation is 1. The third kappa shape index (κ3) is 2.54. The van der Waals surface area contributed by atoms with Crippen molar-refractivity contribution in [1.82, 2.24) is 4.98 Å². The molecule has 2 rings (SSSR count). The largest absolute Gasteiger partial charge is 0.492 e. The number of anilines is 1. The maximum absolute atomic E-state index is 5.62. The van der Waals surface area contributed by atoms with E-state index in [9.17, 15) is 0 Å². The Kier molecular flexibility index (Phi) is 3.99. The molecule has 0 saturated heterocycles. The lowest BCUT2D eigenvalue weighted by Gasteiger charge is -2.12. The molecule has 0 aliphatic heterocycles. The highest BCUT2D eigenvalue weighted by Gasteiger charge is 2.08. The highest BCUT2D eigenvalue weighted by atomic mass is 16.5. The Labute approximate surface area is 107 Å². The molecule has 0 bridgehead atoms. The number of para-hydroxylation sites is 1. The Morgan fingerprint density at radius 2 is 2.22 bits per heavy atom. The number of pyridine rings is 1. The fraction of sp³-hybridized carbons (Fsp3) is 0.357. The van der Waals surface area contributed by atoms with E-state index in [-0.39, 0.29) is 0 Å². The highest BCUT2D eigenvalue weighted by molar-refractivity contribution is 5.95. The number of hydrogen-bond acceptors (Lipinski definition) is 4. The number of ether oxygens (including phenoxy) is 1. The fourth-order valence-corrected chi connectivity index (χ4v) is 1.98. The minimum Gasteiger partial charge on any atom is -0.492 e. The van der Waals surface area contributed by atoms with Gasteiger partial charge in [0.1, 0.15) is 11.3 Å². The van der Waals surface area contributed by atoms with Crippen LogP contribution in [0.5, 0.6) is 5.75 Å². The number of aromatic nitrogens is 1. The summed E-state index contributed by atoms with van der Waals surface area (Å²) in [7, 11) is 0. The summed E-state index contributed by atoms with van der Waals surface area (Å²) < 4.78 is 5.62. The molecule has 0 unspecified atom stereocenters. The molecule has 1 heterocycles. The number of rotatable bonds is 5. The van der Waals surface area contributed by atoms with Gasteiger partial charge in [0, 0.05) is 29.9 Å². The summed E-state index contributed by atoms with van der Waals surface area (Å²) in [6.07, 6.45) is 0. The van der Waals surface area contributed by atoms with Crippen LogP contribution in [-0.4, -0.2) is 24.7 Å². The first kappa shape index (κ1) is 12.6. The number of nitrogens with zero attached hydrogens (tertiary/aromatic N) is 1. The van der Waals surface area contributed by atoms with Crippen molar-refractivity contribution in [2.75, 3.05) is 25.0 Å². The van der Waals surface area contributed by atoms with Gasteiger partial charge in [0.2, 0.25) is 0 Å². The molecule has 1 aromatic carbocycles. The van der Waals surface area contributed by atoms with Crippen molar-refractivity contribution in [3.05, 3.63) is 30.0 Å². The van der Waals surface area contributed by atoms with E-state index in [1.807, 2.05) is 38.1 Å². The van der Waals surface area contributed by atoms with Gasteiger partial charge in [0.15, 0.2) is 0 Å². The quantitative estimate of drug-likeness (QED) is 0.848. The average molecular weight is 245 g/mol. The molecule has 4 heteroatoms. The molecule has 0 radical (unpaired) electrons. The zero-order valence-electron chi connectivity index (χ0n) is 10.9. The molecule has 96 valence electrons. The van der Waals surface area contributed by atoms with E-state index < -0.39 is 0 Å². The van der Waals surface area contributed by atoms with Crippen molar-refractivity contribution in [2.24, 2.45) is 5.73 Å². The molecule has 2 aromatic rings. The van der Waals surface area contributed by atoms with Gasteiger partial charge in [-0.2, -0.15) is 0 Å². The molecule has 0 spiro atoms. The van der Waals surface area contributed by atoms with E-state index in [0.717, 1.165) is 34.6 Å². The molecule has 18 heavy (non-hydrogen) atoms. The van der Waals surface area contributed by atoms with Gasteiger partial charge in [0.25, 0.3) is 0 Å². The molecule has 0 saturated carbocycles. The minimum absolute atomic E-state index is 0.605. The van der Waals surface area contributed by atoms with Crippen molar-refractivity contribution in [3.63, 3.8) is 0 Å². The van der Waals surface area contributed by atoms with Crippen LogP contribution in [0.15, 0.2) is 24.3 Å². The van der Waals surface area contributed by atoms with Crippen LogP contribution in [0.2, 0.25) is 0 Å². The highest BCUT2D eigenvalue weighted by Crippen LogP contribution is 2.29. The minimum atomic E-state index is 0.605. The van der Waals surface area contributed by atoms with E-state index in [1.165, 1.54) is 0 Å². The van der Waals surface area contributed by atoms with Gasteiger partial charge in [0.05, 0.1) is 6.61 Å². The lowest BCUT2D eigenvalue weighted by molar-refractivity contribution is 0.343. The second-order valence-corrected chi connectivity index (χ2v) is 4.11. The van der Waals surface area contributed by atoms with Crippen LogP contribution in [0.25, 0.3) is 10.9 Å². The van der Waals surface area contributed by atoms with Crippen molar-refractivity contribution >= 4 is 16.6 Å². The lowest BCUT2D eigenvalue weighted by Crippen LogP contribution is -2.13. The normalized spacial score (nSPS) is 10.6. The van der Waals surface area contributed by atoms with E-state index in [2.05, 4.69) is 10.3 Å². The lowest BCUT2D eigenvalue weighted by atomic mass is 10.1. The van der Waals surface area contributed by atoms with Crippen molar-refractivity contribution in [3.8, 4) is 5.75 Å². The van der Waals surface area contributed by atoms with Crippen molar-refractivity contribution in [1.29, 1.82) is 0 Å². The van der Waals surface area contributed by atoms with Crippen LogP contribution in [0.1, 0.15) is 12.6 Å². The number of nitrogens with one attached hydrogen (secondary N) is 1. The van der Waals surface area contributed by atoms with Gasteiger partial charge in [-0.05, 0) is 26.0 Å². The Morgan fingerprint density at radius 3 is 2.94 bits per heavy atom. The first-order chi connectivity index (χ1) is 8.76. The summed E-state index contributed by atoms with van der Waals surface area (Å²) in [5, 5.41) is 4.40. The molecule has 3 N–H and O–H groups in total. The number of nitrogens with two attached hydrogens (primary N) is 1. The van der Waals surface area contributed by atoms with Crippen molar-refractivity contribution in [2.45, 2.75) is 13.8 Å². The third-order valence-electron chi connectivity index (χ3n) is 2.69. The van der Waals surface area contributed by atoms with Gasteiger partial charge in [-0.25, -0.2) is 4.98 Å². The second-order valence-electron chi connectivity index (χ2n) is 4.11. The summed E-state index contributed by atoms with van der Waals surface area (Å²) in [5.41, 5.74) is 8.46. The molecular weight excluding hydrogens is 226 g/mol. The third-order valence-corrected chi connectivity index (χ3v) is 2.69. The second kappa shape index (κ2) is 5.69. The van der Waals surface area contributed by atoms with Crippen LogP contribution in [0, 0.1) is 6.92 Å². The zero-order valence-corrected chi connectivity index (χ0v) is 10.9. The van der Waals surface area contributed by atoms with Crippen LogP contribution in [0.4, 0.5) is 5.69 Å². The SMILES string of the molecule is CCOc1cccc2c(NCCN)cc(C)nc12. The summed E-state index contributed by atoms with van der Waals surface area (Å²) in [6.45, 7) is 5.95.